The van der Waals surface area contributed by atoms with E-state index in [9.17, 15) is 13.2 Å². The summed E-state index contributed by atoms with van der Waals surface area (Å²) in [4.78, 5) is 12.9. The van der Waals surface area contributed by atoms with Crippen LogP contribution in [-0.4, -0.2) is 19.5 Å². The smallest absolute Gasteiger partial charge is 0.337 e. The number of carbonyl (C=O) groups is 1. The molecule has 2 N–H and O–H groups in total. The number of anilines is 1. The van der Waals surface area contributed by atoms with Crippen LogP contribution in [0.25, 0.3) is 0 Å². The molecule has 1 heterocycles. The van der Waals surface area contributed by atoms with Crippen molar-refractivity contribution < 1.29 is 18.3 Å². The van der Waals surface area contributed by atoms with Gasteiger partial charge in [-0.2, -0.15) is 0 Å². The zero-order chi connectivity index (χ0) is 15.8. The molecule has 0 saturated carbocycles. The molecule has 1 aromatic carbocycles. The van der Waals surface area contributed by atoms with Crippen LogP contribution >= 0.6 is 27.3 Å². The van der Waals surface area contributed by atoms with Crippen molar-refractivity contribution in [3.63, 3.8) is 0 Å². The standard InChI is InChI=1S/C13H12BrNO4S2/c1-7-6-11(8(2)20-7)21(18,19)15-12-9(13(16)17)4-3-5-10(12)14/h3-6,15H,1-2H3,(H,16,17). The molecule has 0 aliphatic rings. The third-order valence-electron chi connectivity index (χ3n) is 2.77. The zero-order valence-corrected chi connectivity index (χ0v) is 14.4. The number of para-hydroxylation sites is 1. The largest absolute Gasteiger partial charge is 0.478 e. The van der Waals surface area contributed by atoms with Gasteiger partial charge >= 0.3 is 5.97 Å². The monoisotopic (exact) mass is 389 g/mol. The highest BCUT2D eigenvalue weighted by Gasteiger charge is 2.23. The zero-order valence-electron chi connectivity index (χ0n) is 11.2. The van der Waals surface area contributed by atoms with E-state index in [1.165, 1.54) is 23.5 Å². The Morgan fingerprint density at radius 1 is 1.33 bits per heavy atom. The van der Waals surface area contributed by atoms with E-state index >= 15 is 0 Å². The van der Waals surface area contributed by atoms with Crippen molar-refractivity contribution in [3.05, 3.63) is 44.1 Å². The molecule has 5 nitrogen and oxygen atoms in total. The number of halogens is 1. The molecule has 8 heteroatoms. The van der Waals surface area contributed by atoms with E-state index in [0.717, 1.165) is 4.88 Å². The minimum Gasteiger partial charge on any atom is -0.478 e. The number of carboxylic acids is 1. The first-order valence-electron chi connectivity index (χ1n) is 5.84. The van der Waals surface area contributed by atoms with E-state index in [2.05, 4.69) is 20.7 Å². The Labute approximate surface area is 134 Å². The topological polar surface area (TPSA) is 83.5 Å². The van der Waals surface area contributed by atoms with E-state index in [-0.39, 0.29) is 16.1 Å². The lowest BCUT2D eigenvalue weighted by Crippen LogP contribution is -2.16. The number of nitrogens with one attached hydrogen (secondary N) is 1. The van der Waals surface area contributed by atoms with Crippen LogP contribution in [-0.2, 0) is 10.0 Å². The number of aryl methyl sites for hydroxylation is 2. The van der Waals surface area contributed by atoms with Gasteiger partial charge in [-0.25, -0.2) is 13.2 Å². The first-order chi connectivity index (χ1) is 9.72. The van der Waals surface area contributed by atoms with Crippen LogP contribution in [0.2, 0.25) is 0 Å². The minimum atomic E-state index is -3.83. The molecule has 112 valence electrons. The summed E-state index contributed by atoms with van der Waals surface area (Å²) in [5.41, 5.74) is -0.0918. The van der Waals surface area contributed by atoms with Crippen molar-refractivity contribution in [2.45, 2.75) is 18.7 Å². The van der Waals surface area contributed by atoms with Gasteiger partial charge in [0, 0.05) is 14.2 Å². The maximum absolute atomic E-state index is 12.4. The minimum absolute atomic E-state index is 0.0215. The summed E-state index contributed by atoms with van der Waals surface area (Å²) in [6.45, 7) is 3.53. The Hall–Kier alpha value is -1.38. The maximum Gasteiger partial charge on any atom is 0.337 e. The number of sulfonamides is 1. The van der Waals surface area contributed by atoms with Gasteiger partial charge < -0.3 is 5.11 Å². The van der Waals surface area contributed by atoms with Crippen LogP contribution in [0.15, 0.2) is 33.6 Å². The number of carboxylic acid groups (broad SMARTS) is 1. The lowest BCUT2D eigenvalue weighted by molar-refractivity contribution is 0.0698. The van der Waals surface area contributed by atoms with Crippen molar-refractivity contribution in [2.24, 2.45) is 0 Å². The van der Waals surface area contributed by atoms with Crippen LogP contribution in [0.3, 0.4) is 0 Å². The maximum atomic E-state index is 12.4. The average molecular weight is 390 g/mol. The third-order valence-corrected chi connectivity index (χ3v) is 6.00. The molecule has 0 aliphatic heterocycles. The Kier molecular flexibility index (Phi) is 4.40. The van der Waals surface area contributed by atoms with Crippen LogP contribution in [0.1, 0.15) is 20.1 Å². The van der Waals surface area contributed by atoms with Crippen LogP contribution in [0.5, 0.6) is 0 Å². The summed E-state index contributed by atoms with van der Waals surface area (Å²) < 4.78 is 27.6. The Morgan fingerprint density at radius 3 is 2.52 bits per heavy atom. The second kappa shape index (κ2) is 5.78. The lowest BCUT2D eigenvalue weighted by Gasteiger charge is -2.12. The van der Waals surface area contributed by atoms with Gasteiger partial charge in [-0.15, -0.1) is 11.3 Å². The molecule has 0 atom stereocenters. The highest BCUT2D eigenvalue weighted by atomic mass is 79.9. The number of thiophene rings is 1. The molecule has 0 saturated heterocycles. The van der Waals surface area contributed by atoms with Crippen LogP contribution in [0.4, 0.5) is 5.69 Å². The molecule has 0 fully saturated rings. The highest BCUT2D eigenvalue weighted by molar-refractivity contribution is 9.10. The van der Waals surface area contributed by atoms with Crippen molar-refractivity contribution >= 4 is 48.9 Å². The molecule has 21 heavy (non-hydrogen) atoms. The quantitative estimate of drug-likeness (QED) is 0.835. The molecule has 0 aliphatic carbocycles. The summed E-state index contributed by atoms with van der Waals surface area (Å²) in [6.07, 6.45) is 0. The predicted octanol–water partition coefficient (Wildman–Crippen LogP) is 3.63. The van der Waals surface area contributed by atoms with Crippen molar-refractivity contribution in [2.75, 3.05) is 4.72 Å². The van der Waals surface area contributed by atoms with Gasteiger partial charge in [0.2, 0.25) is 0 Å². The van der Waals surface area contributed by atoms with Crippen LogP contribution < -0.4 is 4.72 Å². The van der Waals surface area contributed by atoms with E-state index in [4.69, 9.17) is 5.11 Å². The molecule has 0 bridgehead atoms. The number of aromatic carboxylic acids is 1. The van der Waals surface area contributed by atoms with Gasteiger partial charge in [0.15, 0.2) is 0 Å². The summed E-state index contributed by atoms with van der Waals surface area (Å²) in [5.74, 6) is -1.20. The van der Waals surface area contributed by atoms with Gasteiger partial charge in [0.05, 0.1) is 11.3 Å². The van der Waals surface area contributed by atoms with Gasteiger partial charge in [-0.3, -0.25) is 4.72 Å². The third kappa shape index (κ3) is 3.28. The first kappa shape index (κ1) is 16.0. The predicted molar refractivity (Wildman–Crippen MR) is 85.7 cm³/mol. The second-order valence-electron chi connectivity index (χ2n) is 4.35. The first-order valence-corrected chi connectivity index (χ1v) is 8.93. The molecule has 2 rings (SSSR count). The van der Waals surface area contributed by atoms with Gasteiger partial charge in [0.1, 0.15) is 4.90 Å². The fraction of sp³-hybridized carbons (Fsp3) is 0.154. The van der Waals surface area contributed by atoms with Crippen molar-refractivity contribution in [3.8, 4) is 0 Å². The molecular weight excluding hydrogens is 378 g/mol. The molecular formula is C13H12BrNO4S2. The fourth-order valence-electron chi connectivity index (χ4n) is 1.87. The summed E-state index contributed by atoms with van der Waals surface area (Å²) in [5, 5.41) is 9.16. The number of hydrogen-bond donors (Lipinski definition) is 2. The highest BCUT2D eigenvalue weighted by Crippen LogP contribution is 2.31. The summed E-state index contributed by atoms with van der Waals surface area (Å²) in [7, 11) is -3.83. The number of rotatable bonds is 4. The number of hydrogen-bond acceptors (Lipinski definition) is 4. The van der Waals surface area contributed by atoms with Gasteiger partial charge in [-0.05, 0) is 48.0 Å². The Balaban J connectivity index is 2.52. The molecule has 0 spiro atoms. The van der Waals surface area contributed by atoms with Crippen molar-refractivity contribution in [1.82, 2.24) is 0 Å². The van der Waals surface area contributed by atoms with Crippen LogP contribution in [0, 0.1) is 13.8 Å². The second-order valence-corrected chi connectivity index (χ2v) is 8.32. The Bertz CT molecular complexity index is 812. The molecule has 0 radical (unpaired) electrons. The van der Waals surface area contributed by atoms with E-state index in [0.29, 0.717) is 9.35 Å². The SMILES string of the molecule is Cc1cc(S(=O)(=O)Nc2c(Br)cccc2C(=O)O)c(C)s1. The summed E-state index contributed by atoms with van der Waals surface area (Å²) in [6, 6.07) is 6.03. The van der Waals surface area contributed by atoms with E-state index in [1.54, 1.807) is 19.1 Å². The normalized spacial score (nSPS) is 11.4. The van der Waals surface area contributed by atoms with Gasteiger partial charge in [0.25, 0.3) is 10.0 Å². The molecule has 1 aromatic heterocycles. The fourth-order valence-corrected chi connectivity index (χ4v) is 5.12. The average Bonchev–Trinajstić information content (AvgIpc) is 2.71. The molecule has 0 unspecified atom stereocenters. The van der Waals surface area contributed by atoms with Crippen molar-refractivity contribution in [1.29, 1.82) is 0 Å². The number of benzene rings is 1. The summed E-state index contributed by atoms with van der Waals surface area (Å²) >= 11 is 4.55. The Morgan fingerprint density at radius 2 is 2.00 bits per heavy atom. The lowest BCUT2D eigenvalue weighted by atomic mass is 10.2. The molecule has 0 amide bonds. The van der Waals surface area contributed by atoms with Gasteiger partial charge in [-0.1, -0.05) is 6.07 Å². The molecule has 2 aromatic rings. The van der Waals surface area contributed by atoms with E-state index < -0.39 is 16.0 Å². The van der Waals surface area contributed by atoms with E-state index in [1.807, 2.05) is 6.92 Å².